The number of carbonyl (C=O) groups is 2. The summed E-state index contributed by atoms with van der Waals surface area (Å²) in [7, 11) is 1.36. The van der Waals surface area contributed by atoms with Gasteiger partial charge in [-0.25, -0.2) is 0 Å². The largest absolute Gasteiger partial charge is 0.492 e. The summed E-state index contributed by atoms with van der Waals surface area (Å²) < 4.78 is 4.93. The van der Waals surface area contributed by atoms with Gasteiger partial charge in [-0.3, -0.25) is 19.6 Å². The van der Waals surface area contributed by atoms with Crippen LogP contribution in [0.1, 0.15) is 20.8 Å². The first-order valence-electron chi connectivity index (χ1n) is 6.30. The topological polar surface area (TPSA) is 84.9 Å². The molecule has 0 bridgehead atoms. The molecule has 1 N–H and O–H groups in total. The summed E-state index contributed by atoms with van der Waals surface area (Å²) >= 11 is 0. The predicted octanol–water partition coefficient (Wildman–Crippen LogP) is 2.02. The highest BCUT2D eigenvalue weighted by Crippen LogP contribution is 2.31. The van der Waals surface area contributed by atoms with Crippen molar-refractivity contribution in [1.82, 2.24) is 15.0 Å². The number of ketones is 2. The van der Waals surface area contributed by atoms with E-state index in [0.717, 1.165) is 16.3 Å². The minimum Gasteiger partial charge on any atom is -0.492 e. The lowest BCUT2D eigenvalue weighted by Crippen LogP contribution is -2.20. The Morgan fingerprint density at radius 2 is 2.05 bits per heavy atom. The van der Waals surface area contributed by atoms with E-state index in [0.29, 0.717) is 5.52 Å². The maximum absolute atomic E-state index is 12.3. The van der Waals surface area contributed by atoms with Crippen molar-refractivity contribution in [2.45, 2.75) is 0 Å². The monoisotopic (exact) mass is 279 g/mol. The number of Topliss-reactive ketones (excluding diaryl/α,β-unsaturated/α-hetero) is 1. The lowest BCUT2D eigenvalue weighted by atomic mass is 9.96. The van der Waals surface area contributed by atoms with Crippen LogP contribution in [0.15, 0.2) is 36.5 Å². The van der Waals surface area contributed by atoms with Crippen molar-refractivity contribution >= 4 is 33.4 Å². The van der Waals surface area contributed by atoms with Gasteiger partial charge in [0.25, 0.3) is 0 Å². The Morgan fingerprint density at radius 1 is 1.19 bits per heavy atom. The minimum absolute atomic E-state index is 0.0112. The zero-order chi connectivity index (χ0) is 14.6. The number of methoxy groups -OCH3 is 1. The number of carbonyl (C=O) groups excluding carboxylic acids is 2. The fourth-order valence-corrected chi connectivity index (χ4v) is 2.64. The summed E-state index contributed by atoms with van der Waals surface area (Å²) in [6, 6.07) is 1.81. The van der Waals surface area contributed by atoms with Gasteiger partial charge >= 0.3 is 0 Å². The SMILES string of the molecule is COC1=CC(=O)c2c(ncc3c2[nH]c2ccncc23)C1=O. The molecule has 6 nitrogen and oxygen atoms in total. The Balaban J connectivity index is 2.12. The Bertz CT molecular complexity index is 969. The third-order valence-electron chi connectivity index (χ3n) is 3.62. The van der Waals surface area contributed by atoms with Crippen LogP contribution in [-0.4, -0.2) is 33.6 Å². The van der Waals surface area contributed by atoms with Crippen LogP contribution in [0.4, 0.5) is 0 Å². The number of aromatic nitrogens is 3. The van der Waals surface area contributed by atoms with E-state index >= 15 is 0 Å². The molecule has 6 heteroatoms. The smallest absolute Gasteiger partial charge is 0.246 e. The molecule has 3 heterocycles. The van der Waals surface area contributed by atoms with Crippen LogP contribution in [0.2, 0.25) is 0 Å². The Morgan fingerprint density at radius 3 is 2.86 bits per heavy atom. The molecule has 0 unspecified atom stereocenters. The third kappa shape index (κ3) is 1.47. The van der Waals surface area contributed by atoms with E-state index in [4.69, 9.17) is 4.74 Å². The molecular formula is C15H9N3O3. The van der Waals surface area contributed by atoms with Crippen molar-refractivity contribution in [2.24, 2.45) is 0 Å². The van der Waals surface area contributed by atoms with Crippen molar-refractivity contribution in [3.8, 4) is 0 Å². The van der Waals surface area contributed by atoms with Crippen LogP contribution in [-0.2, 0) is 4.74 Å². The zero-order valence-electron chi connectivity index (χ0n) is 11.0. The van der Waals surface area contributed by atoms with E-state index < -0.39 is 0 Å². The number of hydrogen-bond donors (Lipinski definition) is 1. The van der Waals surface area contributed by atoms with Crippen molar-refractivity contribution in [3.05, 3.63) is 47.7 Å². The van der Waals surface area contributed by atoms with E-state index in [2.05, 4.69) is 15.0 Å². The average molecular weight is 279 g/mol. The Hall–Kier alpha value is -3.02. The molecule has 0 amide bonds. The first kappa shape index (κ1) is 11.8. The average Bonchev–Trinajstić information content (AvgIpc) is 2.88. The number of aromatic amines is 1. The molecule has 0 atom stereocenters. The van der Waals surface area contributed by atoms with Gasteiger partial charge in [0, 0.05) is 41.0 Å². The van der Waals surface area contributed by atoms with Gasteiger partial charge in [0.2, 0.25) is 5.78 Å². The maximum Gasteiger partial charge on any atom is 0.246 e. The molecule has 4 rings (SSSR count). The lowest BCUT2D eigenvalue weighted by molar-refractivity contribution is 0.0912. The molecule has 0 fully saturated rings. The van der Waals surface area contributed by atoms with Gasteiger partial charge in [0.05, 0.1) is 18.2 Å². The Kier molecular flexibility index (Phi) is 2.24. The molecule has 21 heavy (non-hydrogen) atoms. The zero-order valence-corrected chi connectivity index (χ0v) is 11.0. The van der Waals surface area contributed by atoms with Crippen molar-refractivity contribution in [1.29, 1.82) is 0 Å². The molecule has 102 valence electrons. The number of ether oxygens (including phenoxy) is 1. The van der Waals surface area contributed by atoms with Gasteiger partial charge in [-0.1, -0.05) is 0 Å². The summed E-state index contributed by atoms with van der Waals surface area (Å²) in [6.07, 6.45) is 6.15. The van der Waals surface area contributed by atoms with Crippen molar-refractivity contribution in [3.63, 3.8) is 0 Å². The molecule has 0 saturated heterocycles. The number of pyridine rings is 2. The highest BCUT2D eigenvalue weighted by Gasteiger charge is 2.30. The summed E-state index contributed by atoms with van der Waals surface area (Å²) in [4.78, 5) is 35.9. The van der Waals surface area contributed by atoms with Gasteiger partial charge in [0.1, 0.15) is 5.69 Å². The third-order valence-corrected chi connectivity index (χ3v) is 3.62. The summed E-state index contributed by atoms with van der Waals surface area (Å²) in [5.41, 5.74) is 1.85. The van der Waals surface area contributed by atoms with E-state index in [1.807, 2.05) is 6.07 Å². The molecule has 3 aromatic rings. The van der Waals surface area contributed by atoms with Gasteiger partial charge in [-0.15, -0.1) is 0 Å². The summed E-state index contributed by atoms with van der Waals surface area (Å²) in [5, 5.41) is 1.64. The Labute approximate surface area is 118 Å². The van der Waals surface area contributed by atoms with Gasteiger partial charge in [0.15, 0.2) is 11.5 Å². The number of fused-ring (bicyclic) bond motifs is 5. The molecule has 0 radical (unpaired) electrons. The number of nitrogens with zero attached hydrogens (tertiary/aromatic N) is 2. The molecule has 1 aliphatic rings. The van der Waals surface area contributed by atoms with Gasteiger partial charge in [-0.05, 0) is 6.07 Å². The molecule has 0 spiro atoms. The summed E-state index contributed by atoms with van der Waals surface area (Å²) in [5.74, 6) is -0.665. The van der Waals surface area contributed by atoms with Crippen molar-refractivity contribution < 1.29 is 14.3 Å². The van der Waals surface area contributed by atoms with E-state index in [1.165, 1.54) is 13.2 Å². The van der Waals surface area contributed by atoms with Crippen LogP contribution in [0.5, 0.6) is 0 Å². The number of rotatable bonds is 1. The van der Waals surface area contributed by atoms with E-state index in [9.17, 15) is 9.59 Å². The summed E-state index contributed by atoms with van der Waals surface area (Å²) in [6.45, 7) is 0. The second kappa shape index (κ2) is 3.99. The number of H-pyrrole nitrogens is 1. The predicted molar refractivity (Wildman–Crippen MR) is 75.1 cm³/mol. The normalized spacial score (nSPS) is 14.4. The quantitative estimate of drug-likeness (QED) is 0.736. The van der Waals surface area contributed by atoms with Gasteiger partial charge in [-0.2, -0.15) is 0 Å². The molecule has 1 aliphatic carbocycles. The minimum atomic E-state index is -0.384. The molecule has 0 saturated carbocycles. The fourth-order valence-electron chi connectivity index (χ4n) is 2.64. The van der Waals surface area contributed by atoms with E-state index in [1.54, 1.807) is 18.6 Å². The molecule has 0 aliphatic heterocycles. The maximum atomic E-state index is 12.3. The van der Waals surface area contributed by atoms with E-state index in [-0.39, 0.29) is 28.6 Å². The van der Waals surface area contributed by atoms with Crippen LogP contribution >= 0.6 is 0 Å². The number of nitrogens with one attached hydrogen (secondary N) is 1. The van der Waals surface area contributed by atoms with Crippen LogP contribution in [0.3, 0.4) is 0 Å². The van der Waals surface area contributed by atoms with Crippen LogP contribution < -0.4 is 0 Å². The highest BCUT2D eigenvalue weighted by molar-refractivity contribution is 6.28. The number of allylic oxidation sites excluding steroid dienone is 2. The highest BCUT2D eigenvalue weighted by atomic mass is 16.5. The lowest BCUT2D eigenvalue weighted by Gasteiger charge is -2.13. The second-order valence-corrected chi connectivity index (χ2v) is 4.72. The molecule has 3 aromatic heterocycles. The standard InChI is InChI=1S/C15H9N3O3/c1-21-11-4-10(19)12-13-8(6-17-14(12)15(11)20)7-5-16-3-2-9(7)18-13/h2-6,18H,1H3. The first-order chi connectivity index (χ1) is 10.2. The molecule has 0 aromatic carbocycles. The van der Waals surface area contributed by atoms with Crippen LogP contribution in [0, 0.1) is 0 Å². The molecular weight excluding hydrogens is 270 g/mol. The fraction of sp³-hybridized carbons (Fsp3) is 0.0667. The van der Waals surface area contributed by atoms with Gasteiger partial charge < -0.3 is 9.72 Å². The first-order valence-corrected chi connectivity index (χ1v) is 6.30. The number of hydrogen-bond acceptors (Lipinski definition) is 5. The van der Waals surface area contributed by atoms with Crippen LogP contribution in [0.25, 0.3) is 21.8 Å². The van der Waals surface area contributed by atoms with Crippen molar-refractivity contribution in [2.75, 3.05) is 7.11 Å². The second-order valence-electron chi connectivity index (χ2n) is 4.72.